The van der Waals surface area contributed by atoms with Gasteiger partial charge < -0.3 is 14.2 Å². The van der Waals surface area contributed by atoms with Gasteiger partial charge in [-0.15, -0.1) is 11.8 Å². The number of piperazine rings is 1. The third-order valence-electron chi connectivity index (χ3n) is 5.54. The first-order chi connectivity index (χ1) is 15.2. The Hall–Kier alpha value is -2.99. The highest BCUT2D eigenvalue weighted by Gasteiger charge is 2.28. The molecule has 1 fully saturated rings. The number of nitrogens with zero attached hydrogens (tertiary/aromatic N) is 2. The summed E-state index contributed by atoms with van der Waals surface area (Å²) >= 11 is 1.68. The van der Waals surface area contributed by atoms with Crippen LogP contribution < -0.4 is 0 Å². The third kappa shape index (κ3) is 5.02. The SMILES string of the molecule is CCc1ccc(C(=O)N2CCN(C(=O)c3occc3CSc3ccccc3)CC2)cc1. The van der Waals surface area contributed by atoms with E-state index in [0.717, 1.165) is 16.9 Å². The highest BCUT2D eigenvalue weighted by Crippen LogP contribution is 2.26. The molecule has 1 saturated heterocycles. The quantitative estimate of drug-likeness (QED) is 0.526. The van der Waals surface area contributed by atoms with E-state index in [9.17, 15) is 9.59 Å². The molecule has 4 rings (SSSR count). The molecule has 31 heavy (non-hydrogen) atoms. The smallest absolute Gasteiger partial charge is 0.289 e. The van der Waals surface area contributed by atoms with Gasteiger partial charge in [0.2, 0.25) is 0 Å². The van der Waals surface area contributed by atoms with Crippen LogP contribution >= 0.6 is 11.8 Å². The molecule has 5 nitrogen and oxygen atoms in total. The summed E-state index contributed by atoms with van der Waals surface area (Å²) in [5, 5.41) is 0. The minimum absolute atomic E-state index is 0.0210. The van der Waals surface area contributed by atoms with E-state index in [-0.39, 0.29) is 11.8 Å². The van der Waals surface area contributed by atoms with Gasteiger partial charge in [-0.1, -0.05) is 37.3 Å². The zero-order valence-electron chi connectivity index (χ0n) is 17.6. The maximum atomic E-state index is 13.0. The van der Waals surface area contributed by atoms with Gasteiger partial charge in [-0.25, -0.2) is 0 Å². The number of carbonyl (C=O) groups is 2. The molecule has 1 aromatic heterocycles. The van der Waals surface area contributed by atoms with E-state index < -0.39 is 0 Å². The zero-order valence-corrected chi connectivity index (χ0v) is 18.4. The van der Waals surface area contributed by atoms with Crippen LogP contribution in [0.5, 0.6) is 0 Å². The Morgan fingerprint density at radius 2 is 1.52 bits per heavy atom. The molecular weight excluding hydrogens is 408 g/mol. The highest BCUT2D eigenvalue weighted by molar-refractivity contribution is 7.98. The van der Waals surface area contributed by atoms with Gasteiger partial charge in [0.1, 0.15) is 0 Å². The first kappa shape index (κ1) is 21.2. The molecule has 2 amide bonds. The average Bonchev–Trinajstić information content (AvgIpc) is 3.31. The van der Waals surface area contributed by atoms with E-state index in [4.69, 9.17) is 4.42 Å². The molecular formula is C25H26N2O3S. The van der Waals surface area contributed by atoms with Gasteiger partial charge in [-0.3, -0.25) is 9.59 Å². The fraction of sp³-hybridized carbons (Fsp3) is 0.280. The lowest BCUT2D eigenvalue weighted by molar-refractivity contribution is 0.0517. The van der Waals surface area contributed by atoms with Gasteiger partial charge in [0.25, 0.3) is 11.8 Å². The monoisotopic (exact) mass is 434 g/mol. The minimum Gasteiger partial charge on any atom is -0.459 e. The van der Waals surface area contributed by atoms with Gasteiger partial charge in [0.15, 0.2) is 5.76 Å². The lowest BCUT2D eigenvalue weighted by atomic mass is 10.1. The van der Waals surface area contributed by atoms with E-state index in [1.54, 1.807) is 22.9 Å². The average molecular weight is 435 g/mol. The van der Waals surface area contributed by atoms with Gasteiger partial charge in [-0.2, -0.15) is 0 Å². The van der Waals surface area contributed by atoms with Crippen molar-refractivity contribution in [2.45, 2.75) is 24.0 Å². The predicted molar refractivity (Wildman–Crippen MR) is 122 cm³/mol. The zero-order chi connectivity index (χ0) is 21.6. The van der Waals surface area contributed by atoms with Crippen molar-refractivity contribution >= 4 is 23.6 Å². The van der Waals surface area contributed by atoms with Crippen molar-refractivity contribution < 1.29 is 14.0 Å². The Labute approximate surface area is 187 Å². The lowest BCUT2D eigenvalue weighted by Gasteiger charge is -2.34. The van der Waals surface area contributed by atoms with E-state index in [2.05, 4.69) is 19.1 Å². The summed E-state index contributed by atoms with van der Waals surface area (Å²) in [4.78, 5) is 30.6. The molecule has 0 radical (unpaired) electrons. The summed E-state index contributed by atoms with van der Waals surface area (Å²) in [6, 6.07) is 19.7. The Morgan fingerprint density at radius 3 is 2.16 bits per heavy atom. The van der Waals surface area contributed by atoms with Crippen LogP contribution in [-0.4, -0.2) is 47.8 Å². The molecule has 0 saturated carbocycles. The van der Waals surface area contributed by atoms with E-state index >= 15 is 0 Å². The standard InChI is InChI=1S/C25H26N2O3S/c1-2-19-8-10-20(11-9-19)24(28)26-13-15-27(16-14-26)25(29)23-21(12-17-30-23)18-31-22-6-4-3-5-7-22/h3-12,17H,2,13-16,18H2,1H3. The van der Waals surface area contributed by atoms with Crippen LogP contribution in [-0.2, 0) is 12.2 Å². The van der Waals surface area contributed by atoms with Crippen LogP contribution in [0.2, 0.25) is 0 Å². The molecule has 0 atom stereocenters. The Morgan fingerprint density at radius 1 is 0.871 bits per heavy atom. The van der Waals surface area contributed by atoms with Gasteiger partial charge in [-0.05, 0) is 42.3 Å². The Kier molecular flexibility index (Phi) is 6.77. The van der Waals surface area contributed by atoms with Crippen LogP contribution in [0.15, 0.2) is 76.2 Å². The molecule has 0 aliphatic carbocycles. The fourth-order valence-electron chi connectivity index (χ4n) is 3.64. The van der Waals surface area contributed by atoms with E-state index in [1.165, 1.54) is 5.56 Å². The second-order valence-corrected chi connectivity index (χ2v) is 8.56. The summed E-state index contributed by atoms with van der Waals surface area (Å²) in [6.45, 7) is 4.15. The molecule has 0 bridgehead atoms. The number of rotatable bonds is 6. The third-order valence-corrected chi connectivity index (χ3v) is 6.60. The maximum Gasteiger partial charge on any atom is 0.289 e. The molecule has 0 unspecified atom stereocenters. The normalized spacial score (nSPS) is 14.0. The number of hydrogen-bond donors (Lipinski definition) is 0. The summed E-state index contributed by atoms with van der Waals surface area (Å²) in [5.74, 6) is 0.993. The van der Waals surface area contributed by atoms with Crippen LogP contribution in [0.4, 0.5) is 0 Å². The topological polar surface area (TPSA) is 53.8 Å². The molecule has 2 heterocycles. The van der Waals surface area contributed by atoms with Crippen LogP contribution in [0.3, 0.4) is 0 Å². The first-order valence-electron chi connectivity index (χ1n) is 10.6. The Balaban J connectivity index is 1.34. The number of furan rings is 1. The summed E-state index contributed by atoms with van der Waals surface area (Å²) < 4.78 is 5.55. The number of aryl methyl sites for hydroxylation is 1. The number of amides is 2. The number of hydrogen-bond acceptors (Lipinski definition) is 4. The molecule has 0 spiro atoms. The van der Waals surface area contributed by atoms with Crippen molar-refractivity contribution in [2.24, 2.45) is 0 Å². The molecule has 160 valence electrons. The highest BCUT2D eigenvalue weighted by atomic mass is 32.2. The summed E-state index contributed by atoms with van der Waals surface area (Å²) in [6.07, 6.45) is 2.53. The molecule has 6 heteroatoms. The molecule has 1 aliphatic heterocycles. The van der Waals surface area contributed by atoms with Gasteiger partial charge in [0.05, 0.1) is 6.26 Å². The molecule has 0 N–H and O–H groups in total. The number of carbonyl (C=O) groups excluding carboxylic acids is 2. The molecule has 3 aromatic rings. The lowest BCUT2D eigenvalue weighted by Crippen LogP contribution is -2.50. The van der Waals surface area contributed by atoms with E-state index in [1.807, 2.05) is 53.4 Å². The van der Waals surface area contributed by atoms with E-state index in [0.29, 0.717) is 43.3 Å². The fourth-order valence-corrected chi connectivity index (χ4v) is 4.54. The van der Waals surface area contributed by atoms with Gasteiger partial charge in [0, 0.05) is 48.0 Å². The van der Waals surface area contributed by atoms with Gasteiger partial charge >= 0.3 is 0 Å². The van der Waals surface area contributed by atoms with Crippen molar-refractivity contribution in [3.8, 4) is 0 Å². The van der Waals surface area contributed by atoms with Crippen molar-refractivity contribution in [3.05, 3.63) is 89.4 Å². The van der Waals surface area contributed by atoms with Crippen molar-refractivity contribution in [2.75, 3.05) is 26.2 Å². The maximum absolute atomic E-state index is 13.0. The largest absolute Gasteiger partial charge is 0.459 e. The molecule has 2 aromatic carbocycles. The van der Waals surface area contributed by atoms with Crippen molar-refractivity contribution in [1.29, 1.82) is 0 Å². The number of thioether (sulfide) groups is 1. The van der Waals surface area contributed by atoms with Crippen LogP contribution in [0, 0.1) is 0 Å². The summed E-state index contributed by atoms with van der Waals surface area (Å²) in [7, 11) is 0. The minimum atomic E-state index is -0.104. The Bertz CT molecular complexity index is 1020. The number of benzene rings is 2. The van der Waals surface area contributed by atoms with Crippen LogP contribution in [0.25, 0.3) is 0 Å². The second kappa shape index (κ2) is 9.88. The van der Waals surface area contributed by atoms with Crippen molar-refractivity contribution in [1.82, 2.24) is 9.80 Å². The molecule has 1 aliphatic rings. The predicted octanol–water partition coefficient (Wildman–Crippen LogP) is 4.73. The first-order valence-corrected chi connectivity index (χ1v) is 11.6. The van der Waals surface area contributed by atoms with Crippen LogP contribution in [0.1, 0.15) is 39.0 Å². The summed E-state index contributed by atoms with van der Waals surface area (Å²) in [5.41, 5.74) is 2.81. The second-order valence-electron chi connectivity index (χ2n) is 7.51. The van der Waals surface area contributed by atoms with Crippen molar-refractivity contribution in [3.63, 3.8) is 0 Å².